The number of aliphatic hydroxyl groups is 1. The number of nitrogens with zero attached hydrogens (tertiary/aromatic N) is 1. The van der Waals surface area contributed by atoms with Crippen LogP contribution in [-0.4, -0.2) is 36.5 Å². The molecule has 1 N–H and O–H groups in total. The molecule has 1 aromatic rings. The molecule has 6 heteroatoms. The third kappa shape index (κ3) is 2.54. The Hall–Kier alpha value is -0.620. The van der Waals surface area contributed by atoms with Crippen LogP contribution in [-0.2, 0) is 10.0 Å². The van der Waals surface area contributed by atoms with E-state index in [0.29, 0.717) is 11.4 Å². The minimum atomic E-state index is -3.49. The Bertz CT molecular complexity index is 521. The average molecular weight is 290 g/mol. The summed E-state index contributed by atoms with van der Waals surface area (Å²) in [6, 6.07) is 6.06. The summed E-state index contributed by atoms with van der Waals surface area (Å²) in [5.41, 5.74) is -0.853. The van der Waals surface area contributed by atoms with Crippen molar-refractivity contribution < 1.29 is 13.5 Å². The Morgan fingerprint density at radius 1 is 1.33 bits per heavy atom. The molecule has 0 amide bonds. The minimum absolute atomic E-state index is 0.172. The molecule has 18 heavy (non-hydrogen) atoms. The van der Waals surface area contributed by atoms with Crippen LogP contribution in [0.3, 0.4) is 0 Å². The zero-order valence-electron chi connectivity index (χ0n) is 10.1. The highest BCUT2D eigenvalue weighted by molar-refractivity contribution is 7.89. The van der Waals surface area contributed by atoms with E-state index in [1.807, 2.05) is 6.92 Å². The van der Waals surface area contributed by atoms with Crippen molar-refractivity contribution in [2.24, 2.45) is 0 Å². The first-order valence-electron chi connectivity index (χ1n) is 5.85. The van der Waals surface area contributed by atoms with Gasteiger partial charge in [0.1, 0.15) is 0 Å². The van der Waals surface area contributed by atoms with Gasteiger partial charge in [-0.05, 0) is 30.7 Å². The van der Waals surface area contributed by atoms with Gasteiger partial charge in [-0.3, -0.25) is 0 Å². The number of benzene rings is 1. The summed E-state index contributed by atoms with van der Waals surface area (Å²) in [5.74, 6) is 0. The molecule has 0 aromatic heterocycles. The van der Waals surface area contributed by atoms with E-state index in [2.05, 4.69) is 0 Å². The van der Waals surface area contributed by atoms with Crippen molar-refractivity contribution >= 4 is 21.6 Å². The smallest absolute Gasteiger partial charge is 0.243 e. The Labute approximate surface area is 112 Å². The lowest BCUT2D eigenvalue weighted by atomic mass is 9.92. The number of rotatable bonds is 4. The first kappa shape index (κ1) is 13.8. The third-order valence-corrected chi connectivity index (χ3v) is 5.17. The SMILES string of the molecule is CCCC1(O)CN(S(=O)(=O)c2ccc(Cl)cc2)C1. The zero-order valence-corrected chi connectivity index (χ0v) is 11.7. The second-order valence-corrected chi connectivity index (χ2v) is 7.08. The van der Waals surface area contributed by atoms with Gasteiger partial charge in [-0.15, -0.1) is 0 Å². The van der Waals surface area contributed by atoms with Crippen LogP contribution in [0.15, 0.2) is 29.2 Å². The van der Waals surface area contributed by atoms with E-state index < -0.39 is 15.6 Å². The molecule has 4 nitrogen and oxygen atoms in total. The number of β-amino-alcohol motifs (C(OH)–C–C–N with tert-alkyl or cyclic N) is 1. The molecule has 0 radical (unpaired) electrons. The van der Waals surface area contributed by atoms with E-state index in [1.165, 1.54) is 16.4 Å². The summed E-state index contributed by atoms with van der Waals surface area (Å²) >= 11 is 5.73. The second-order valence-electron chi connectivity index (χ2n) is 4.70. The van der Waals surface area contributed by atoms with Gasteiger partial charge in [0.25, 0.3) is 0 Å². The molecule has 100 valence electrons. The molecule has 1 saturated heterocycles. The predicted molar refractivity (Wildman–Crippen MR) is 70.1 cm³/mol. The summed E-state index contributed by atoms with van der Waals surface area (Å²) in [5, 5.41) is 10.5. The summed E-state index contributed by atoms with van der Waals surface area (Å²) in [4.78, 5) is 0.213. The lowest BCUT2D eigenvalue weighted by Crippen LogP contribution is -2.63. The molecule has 1 aromatic carbocycles. The lowest BCUT2D eigenvalue weighted by Gasteiger charge is -2.45. The van der Waals surface area contributed by atoms with Crippen LogP contribution < -0.4 is 0 Å². The standard InChI is InChI=1S/C12H16ClNO3S/c1-2-7-12(15)8-14(9-12)18(16,17)11-5-3-10(13)4-6-11/h3-6,15H,2,7-9H2,1H3. The summed E-state index contributed by atoms with van der Waals surface area (Å²) in [6.07, 6.45) is 1.46. The molecular formula is C12H16ClNO3S. The molecular weight excluding hydrogens is 274 g/mol. The van der Waals surface area contributed by atoms with Gasteiger partial charge < -0.3 is 5.11 Å². The van der Waals surface area contributed by atoms with Gasteiger partial charge in [0.15, 0.2) is 0 Å². The Morgan fingerprint density at radius 2 is 1.89 bits per heavy atom. The number of hydrogen-bond acceptors (Lipinski definition) is 3. The van der Waals surface area contributed by atoms with Gasteiger partial charge in [-0.1, -0.05) is 24.9 Å². The van der Waals surface area contributed by atoms with Gasteiger partial charge in [0.05, 0.1) is 10.5 Å². The first-order chi connectivity index (χ1) is 8.37. The van der Waals surface area contributed by atoms with E-state index >= 15 is 0 Å². The van der Waals surface area contributed by atoms with E-state index in [0.717, 1.165) is 6.42 Å². The first-order valence-corrected chi connectivity index (χ1v) is 7.67. The maximum atomic E-state index is 12.2. The predicted octanol–water partition coefficient (Wildman–Crippen LogP) is 1.88. The van der Waals surface area contributed by atoms with Crippen molar-refractivity contribution in [3.63, 3.8) is 0 Å². The van der Waals surface area contributed by atoms with Crippen molar-refractivity contribution in [1.82, 2.24) is 4.31 Å². The quantitative estimate of drug-likeness (QED) is 0.921. The molecule has 0 saturated carbocycles. The molecule has 1 heterocycles. The molecule has 0 bridgehead atoms. The van der Waals surface area contributed by atoms with E-state index in [9.17, 15) is 13.5 Å². The Balaban J connectivity index is 2.13. The monoisotopic (exact) mass is 289 g/mol. The largest absolute Gasteiger partial charge is 0.387 e. The second kappa shape index (κ2) is 4.81. The lowest BCUT2D eigenvalue weighted by molar-refractivity contribution is -0.0653. The van der Waals surface area contributed by atoms with Crippen molar-refractivity contribution in [2.75, 3.05) is 13.1 Å². The summed E-state index contributed by atoms with van der Waals surface area (Å²) < 4.78 is 25.7. The normalized spacial score (nSPS) is 19.5. The topological polar surface area (TPSA) is 57.6 Å². The van der Waals surface area contributed by atoms with Crippen LogP contribution in [0.4, 0.5) is 0 Å². The highest BCUT2D eigenvalue weighted by atomic mass is 35.5. The van der Waals surface area contributed by atoms with Crippen molar-refractivity contribution in [3.05, 3.63) is 29.3 Å². The van der Waals surface area contributed by atoms with Gasteiger partial charge >= 0.3 is 0 Å². The van der Waals surface area contributed by atoms with E-state index in [4.69, 9.17) is 11.6 Å². The molecule has 0 spiro atoms. The number of sulfonamides is 1. The maximum Gasteiger partial charge on any atom is 0.243 e. The van der Waals surface area contributed by atoms with E-state index in [-0.39, 0.29) is 18.0 Å². The molecule has 0 aliphatic carbocycles. The highest BCUT2D eigenvalue weighted by Gasteiger charge is 2.46. The molecule has 0 atom stereocenters. The average Bonchev–Trinajstić information content (AvgIpc) is 2.26. The van der Waals surface area contributed by atoms with Crippen LogP contribution in [0.1, 0.15) is 19.8 Å². The fraction of sp³-hybridized carbons (Fsp3) is 0.500. The van der Waals surface area contributed by atoms with Crippen molar-refractivity contribution in [3.8, 4) is 0 Å². The summed E-state index contributed by atoms with van der Waals surface area (Å²) in [6.45, 7) is 2.31. The zero-order chi connectivity index (χ0) is 13.4. The molecule has 1 fully saturated rings. The van der Waals surface area contributed by atoms with E-state index in [1.54, 1.807) is 12.1 Å². The van der Waals surface area contributed by atoms with Crippen molar-refractivity contribution in [2.45, 2.75) is 30.3 Å². The van der Waals surface area contributed by atoms with Crippen LogP contribution >= 0.6 is 11.6 Å². The van der Waals surface area contributed by atoms with Crippen LogP contribution in [0.5, 0.6) is 0 Å². The number of hydrogen-bond donors (Lipinski definition) is 1. The van der Waals surface area contributed by atoms with Gasteiger partial charge in [0.2, 0.25) is 10.0 Å². The Morgan fingerprint density at radius 3 is 2.39 bits per heavy atom. The number of halogens is 1. The van der Waals surface area contributed by atoms with Crippen molar-refractivity contribution in [1.29, 1.82) is 0 Å². The molecule has 1 aliphatic heterocycles. The minimum Gasteiger partial charge on any atom is -0.387 e. The van der Waals surface area contributed by atoms with Gasteiger partial charge in [-0.2, -0.15) is 4.31 Å². The molecule has 1 aliphatic rings. The van der Waals surface area contributed by atoms with Gasteiger partial charge in [0, 0.05) is 18.1 Å². The fourth-order valence-corrected chi connectivity index (χ4v) is 3.88. The fourth-order valence-electron chi connectivity index (χ4n) is 2.16. The van der Waals surface area contributed by atoms with Crippen LogP contribution in [0.25, 0.3) is 0 Å². The molecule has 0 unspecified atom stereocenters. The van der Waals surface area contributed by atoms with Crippen LogP contribution in [0, 0.1) is 0 Å². The third-order valence-electron chi connectivity index (χ3n) is 3.11. The Kier molecular flexibility index (Phi) is 3.69. The van der Waals surface area contributed by atoms with Gasteiger partial charge in [-0.25, -0.2) is 8.42 Å². The highest BCUT2D eigenvalue weighted by Crippen LogP contribution is 2.31. The molecule has 2 rings (SSSR count). The summed E-state index contributed by atoms with van der Waals surface area (Å²) in [7, 11) is -3.49. The maximum absolute atomic E-state index is 12.2. The van der Waals surface area contributed by atoms with Crippen LogP contribution in [0.2, 0.25) is 5.02 Å².